The van der Waals surface area contributed by atoms with Crippen molar-refractivity contribution in [1.82, 2.24) is 9.78 Å². The third kappa shape index (κ3) is 3.89. The summed E-state index contributed by atoms with van der Waals surface area (Å²) in [5, 5.41) is 17.2. The number of aromatic nitrogens is 2. The molecule has 1 fully saturated rings. The number of anilines is 2. The van der Waals surface area contributed by atoms with Crippen LogP contribution in [-0.2, 0) is 11.3 Å². The topological polar surface area (TPSA) is 93.3 Å². The summed E-state index contributed by atoms with van der Waals surface area (Å²) < 4.78 is 1.25. The molecule has 1 amide bonds. The lowest BCUT2D eigenvalue weighted by atomic mass is 10.1. The first-order valence-corrected chi connectivity index (χ1v) is 7.93. The van der Waals surface area contributed by atoms with Crippen molar-refractivity contribution in [3.05, 3.63) is 46.8 Å². The number of nitrogens with one attached hydrogen (secondary N) is 1. The molecule has 1 aromatic carbocycles. The molecular formula is C16H19N5O3. The summed E-state index contributed by atoms with van der Waals surface area (Å²) in [5.74, 6) is -0.279. The second-order valence-electron chi connectivity index (χ2n) is 5.80. The third-order valence-corrected chi connectivity index (χ3v) is 4.01. The van der Waals surface area contributed by atoms with E-state index >= 15 is 0 Å². The van der Waals surface area contributed by atoms with Gasteiger partial charge in [0.15, 0.2) is 0 Å². The normalized spacial score (nSPS) is 14.4. The number of nitro groups is 1. The first-order chi connectivity index (χ1) is 11.6. The minimum absolute atomic E-state index is 0.0677. The Morgan fingerprint density at radius 2 is 1.92 bits per heavy atom. The van der Waals surface area contributed by atoms with Gasteiger partial charge in [-0.05, 0) is 43.5 Å². The Balaban J connectivity index is 1.56. The molecule has 0 atom stereocenters. The summed E-state index contributed by atoms with van der Waals surface area (Å²) in [4.78, 5) is 24.4. The molecule has 0 saturated carbocycles. The van der Waals surface area contributed by atoms with Crippen LogP contribution in [0.2, 0.25) is 0 Å². The smallest absolute Gasteiger partial charge is 0.307 e. The van der Waals surface area contributed by atoms with E-state index in [1.165, 1.54) is 30.1 Å². The summed E-state index contributed by atoms with van der Waals surface area (Å²) in [6, 6.07) is 7.74. The van der Waals surface area contributed by atoms with E-state index in [1.807, 2.05) is 24.3 Å². The first-order valence-electron chi connectivity index (χ1n) is 7.93. The molecule has 0 radical (unpaired) electrons. The molecule has 126 valence electrons. The number of amides is 1. The van der Waals surface area contributed by atoms with Crippen LogP contribution in [0.4, 0.5) is 17.1 Å². The number of carbonyl (C=O) groups excluding carboxylic acids is 1. The summed E-state index contributed by atoms with van der Waals surface area (Å²) in [6.07, 6.45) is 6.08. The van der Waals surface area contributed by atoms with Crippen LogP contribution in [0, 0.1) is 10.1 Å². The van der Waals surface area contributed by atoms with Crippen LogP contribution in [0.25, 0.3) is 0 Å². The zero-order valence-electron chi connectivity index (χ0n) is 13.2. The monoisotopic (exact) mass is 329 g/mol. The summed E-state index contributed by atoms with van der Waals surface area (Å²) in [6.45, 7) is 2.08. The molecule has 0 spiro atoms. The molecule has 1 aromatic heterocycles. The summed E-state index contributed by atoms with van der Waals surface area (Å²) in [5.41, 5.74) is 1.73. The standard InChI is InChI=1S/C16H19N5O3/c22-16(12-20-11-15(10-17-20)21(23)24)18-13-4-6-14(7-5-13)19-8-2-1-3-9-19/h4-7,10-11H,1-3,8-9,12H2,(H,18,22). The van der Waals surface area contributed by atoms with E-state index in [1.54, 1.807) is 0 Å². The predicted octanol–water partition coefficient (Wildman–Crippen LogP) is 2.42. The van der Waals surface area contributed by atoms with E-state index in [2.05, 4.69) is 15.3 Å². The summed E-state index contributed by atoms with van der Waals surface area (Å²) in [7, 11) is 0. The van der Waals surface area contributed by atoms with Gasteiger partial charge in [-0.25, -0.2) is 0 Å². The minimum atomic E-state index is -0.541. The van der Waals surface area contributed by atoms with E-state index in [4.69, 9.17) is 0 Å². The van der Waals surface area contributed by atoms with E-state index in [0.717, 1.165) is 25.0 Å². The molecule has 0 aliphatic carbocycles. The maximum atomic E-state index is 12.0. The van der Waals surface area contributed by atoms with Crippen molar-refractivity contribution in [2.24, 2.45) is 0 Å². The van der Waals surface area contributed by atoms with Crippen LogP contribution in [0.1, 0.15) is 19.3 Å². The maximum absolute atomic E-state index is 12.0. The molecule has 2 heterocycles. The Hall–Kier alpha value is -2.90. The molecule has 24 heavy (non-hydrogen) atoms. The van der Waals surface area contributed by atoms with Gasteiger partial charge in [0.25, 0.3) is 0 Å². The average molecular weight is 329 g/mol. The Morgan fingerprint density at radius 3 is 2.54 bits per heavy atom. The predicted molar refractivity (Wildman–Crippen MR) is 90.0 cm³/mol. The molecule has 1 aliphatic rings. The molecule has 8 nitrogen and oxygen atoms in total. The van der Waals surface area contributed by atoms with Gasteiger partial charge >= 0.3 is 5.69 Å². The highest BCUT2D eigenvalue weighted by Crippen LogP contribution is 2.21. The van der Waals surface area contributed by atoms with Gasteiger partial charge in [-0.15, -0.1) is 0 Å². The molecular weight excluding hydrogens is 310 g/mol. The molecule has 1 aliphatic heterocycles. The van der Waals surface area contributed by atoms with Crippen LogP contribution in [0.5, 0.6) is 0 Å². The van der Waals surface area contributed by atoms with Crippen LogP contribution in [0.3, 0.4) is 0 Å². The van der Waals surface area contributed by atoms with Gasteiger partial charge < -0.3 is 10.2 Å². The van der Waals surface area contributed by atoms with Crippen molar-refractivity contribution in [3.8, 4) is 0 Å². The van der Waals surface area contributed by atoms with E-state index in [-0.39, 0.29) is 18.1 Å². The number of nitrogens with zero attached hydrogens (tertiary/aromatic N) is 4. The SMILES string of the molecule is O=C(Cn1cc([N+](=O)[O-])cn1)Nc1ccc(N2CCCCC2)cc1. The fourth-order valence-corrected chi connectivity index (χ4v) is 2.79. The highest BCUT2D eigenvalue weighted by atomic mass is 16.6. The molecule has 0 bridgehead atoms. The van der Waals surface area contributed by atoms with Gasteiger partial charge in [0.1, 0.15) is 18.9 Å². The lowest BCUT2D eigenvalue weighted by Gasteiger charge is -2.28. The van der Waals surface area contributed by atoms with E-state index in [0.29, 0.717) is 5.69 Å². The van der Waals surface area contributed by atoms with Gasteiger partial charge in [0.2, 0.25) is 5.91 Å². The van der Waals surface area contributed by atoms with Crippen molar-refractivity contribution >= 4 is 23.0 Å². The van der Waals surface area contributed by atoms with Gasteiger partial charge in [-0.2, -0.15) is 5.10 Å². The van der Waals surface area contributed by atoms with Crippen LogP contribution in [-0.4, -0.2) is 33.7 Å². The van der Waals surface area contributed by atoms with Crippen molar-refractivity contribution in [2.75, 3.05) is 23.3 Å². The number of rotatable bonds is 5. The molecule has 1 N–H and O–H groups in total. The van der Waals surface area contributed by atoms with Crippen LogP contribution < -0.4 is 10.2 Å². The lowest BCUT2D eigenvalue weighted by molar-refractivity contribution is -0.385. The maximum Gasteiger partial charge on any atom is 0.307 e. The second-order valence-corrected chi connectivity index (χ2v) is 5.80. The Kier molecular flexibility index (Phi) is 4.74. The number of piperidine rings is 1. The lowest BCUT2D eigenvalue weighted by Crippen LogP contribution is -2.29. The molecule has 2 aromatic rings. The Morgan fingerprint density at radius 1 is 1.21 bits per heavy atom. The quantitative estimate of drug-likeness (QED) is 0.671. The third-order valence-electron chi connectivity index (χ3n) is 4.01. The highest BCUT2D eigenvalue weighted by molar-refractivity contribution is 5.90. The zero-order valence-corrected chi connectivity index (χ0v) is 13.2. The highest BCUT2D eigenvalue weighted by Gasteiger charge is 2.13. The van der Waals surface area contributed by atoms with Gasteiger partial charge in [-0.1, -0.05) is 0 Å². The van der Waals surface area contributed by atoms with E-state index in [9.17, 15) is 14.9 Å². The van der Waals surface area contributed by atoms with Crippen molar-refractivity contribution < 1.29 is 9.72 Å². The second kappa shape index (κ2) is 7.12. The van der Waals surface area contributed by atoms with Crippen molar-refractivity contribution in [3.63, 3.8) is 0 Å². The number of benzene rings is 1. The molecule has 1 saturated heterocycles. The van der Waals surface area contributed by atoms with Crippen molar-refractivity contribution in [2.45, 2.75) is 25.8 Å². The molecule has 0 unspecified atom stereocenters. The Bertz CT molecular complexity index is 720. The molecule has 3 rings (SSSR count). The van der Waals surface area contributed by atoms with Crippen LogP contribution >= 0.6 is 0 Å². The first kappa shape index (κ1) is 16.0. The van der Waals surface area contributed by atoms with Crippen LogP contribution in [0.15, 0.2) is 36.7 Å². The zero-order chi connectivity index (χ0) is 16.9. The fourth-order valence-electron chi connectivity index (χ4n) is 2.79. The Labute approximate surface area is 139 Å². The van der Waals surface area contributed by atoms with Gasteiger partial charge in [0.05, 0.1) is 4.92 Å². The van der Waals surface area contributed by atoms with Gasteiger partial charge in [0, 0.05) is 24.5 Å². The minimum Gasteiger partial charge on any atom is -0.372 e. The van der Waals surface area contributed by atoms with E-state index < -0.39 is 4.92 Å². The van der Waals surface area contributed by atoms with Gasteiger partial charge in [-0.3, -0.25) is 19.6 Å². The average Bonchev–Trinajstić information content (AvgIpc) is 3.05. The number of carbonyl (C=O) groups is 1. The number of hydrogen-bond donors (Lipinski definition) is 1. The summed E-state index contributed by atoms with van der Waals surface area (Å²) >= 11 is 0. The van der Waals surface area contributed by atoms with Crippen molar-refractivity contribution in [1.29, 1.82) is 0 Å². The molecule has 8 heteroatoms. The fraction of sp³-hybridized carbons (Fsp3) is 0.375. The largest absolute Gasteiger partial charge is 0.372 e. The number of hydrogen-bond acceptors (Lipinski definition) is 5.